The summed E-state index contributed by atoms with van der Waals surface area (Å²) >= 11 is 0. The van der Waals surface area contributed by atoms with Crippen LogP contribution in [0.5, 0.6) is 5.75 Å². The summed E-state index contributed by atoms with van der Waals surface area (Å²) in [6.45, 7) is 1.99. The van der Waals surface area contributed by atoms with Crippen LogP contribution in [-0.2, 0) is 26.2 Å². The van der Waals surface area contributed by atoms with Crippen LogP contribution in [0.2, 0.25) is 0 Å². The van der Waals surface area contributed by atoms with Gasteiger partial charge in [-0.3, -0.25) is 14.5 Å². The first kappa shape index (κ1) is 20.8. The number of benzene rings is 2. The van der Waals surface area contributed by atoms with Gasteiger partial charge in [-0.05, 0) is 23.3 Å². The van der Waals surface area contributed by atoms with Crippen molar-refractivity contribution in [2.45, 2.75) is 26.2 Å². The lowest BCUT2D eigenvalue weighted by atomic mass is 10.1. The molecule has 2 aromatic carbocycles. The fourth-order valence-electron chi connectivity index (χ4n) is 3.57. The lowest BCUT2D eigenvalue weighted by Gasteiger charge is -2.14. The van der Waals surface area contributed by atoms with Gasteiger partial charge in [-0.1, -0.05) is 30.3 Å². The molecule has 160 valence electrons. The lowest BCUT2D eigenvalue weighted by Crippen LogP contribution is -2.21. The molecular formula is C24H23FN2O4. The van der Waals surface area contributed by atoms with E-state index < -0.39 is 5.82 Å². The molecule has 0 unspecified atom stereocenters. The second-order valence-electron chi connectivity index (χ2n) is 7.78. The monoisotopic (exact) mass is 422 g/mol. The Morgan fingerprint density at radius 2 is 1.84 bits per heavy atom. The lowest BCUT2D eigenvalue weighted by molar-refractivity contribution is 0.0827. The summed E-state index contributed by atoms with van der Waals surface area (Å²) in [5.41, 5.74) is 2.74. The van der Waals surface area contributed by atoms with E-state index in [-0.39, 0.29) is 34.8 Å². The molecule has 0 aliphatic carbocycles. The normalized spacial score (nSPS) is 13.1. The molecule has 0 saturated heterocycles. The van der Waals surface area contributed by atoms with E-state index in [0.717, 1.165) is 13.1 Å². The molecule has 31 heavy (non-hydrogen) atoms. The molecule has 7 heteroatoms. The Hall–Kier alpha value is -3.45. The molecule has 1 amide bonds. The van der Waals surface area contributed by atoms with Gasteiger partial charge in [0, 0.05) is 44.4 Å². The predicted octanol–water partition coefficient (Wildman–Crippen LogP) is 3.58. The van der Waals surface area contributed by atoms with Gasteiger partial charge in [0.25, 0.3) is 5.91 Å². The molecule has 1 aliphatic rings. The Kier molecular flexibility index (Phi) is 5.86. The fourth-order valence-corrected chi connectivity index (χ4v) is 3.57. The van der Waals surface area contributed by atoms with E-state index >= 15 is 0 Å². The maximum absolute atomic E-state index is 14.3. The van der Waals surface area contributed by atoms with E-state index in [2.05, 4.69) is 17.0 Å². The summed E-state index contributed by atoms with van der Waals surface area (Å²) in [5.74, 6) is -0.296. The van der Waals surface area contributed by atoms with Crippen molar-refractivity contribution in [1.29, 1.82) is 0 Å². The average Bonchev–Trinajstić information content (AvgIpc) is 3.15. The van der Waals surface area contributed by atoms with Gasteiger partial charge in [0.15, 0.2) is 0 Å². The first-order valence-electron chi connectivity index (χ1n) is 9.94. The van der Waals surface area contributed by atoms with Crippen molar-refractivity contribution in [3.8, 4) is 5.75 Å². The third kappa shape index (κ3) is 4.67. The van der Waals surface area contributed by atoms with E-state index in [1.165, 1.54) is 46.6 Å². The van der Waals surface area contributed by atoms with Crippen LogP contribution < -0.4 is 10.2 Å². The Morgan fingerprint density at radius 1 is 1.13 bits per heavy atom. The second-order valence-corrected chi connectivity index (χ2v) is 7.78. The van der Waals surface area contributed by atoms with Crippen molar-refractivity contribution in [2.24, 2.45) is 0 Å². The number of hydrogen-bond acceptors (Lipinski definition) is 5. The van der Waals surface area contributed by atoms with E-state index in [1.54, 1.807) is 14.1 Å². The van der Waals surface area contributed by atoms with Crippen LogP contribution in [0.4, 0.5) is 4.39 Å². The van der Waals surface area contributed by atoms with Gasteiger partial charge in [0.05, 0.1) is 6.54 Å². The van der Waals surface area contributed by atoms with Crippen molar-refractivity contribution in [3.63, 3.8) is 0 Å². The van der Waals surface area contributed by atoms with E-state index in [9.17, 15) is 14.0 Å². The first-order valence-corrected chi connectivity index (χ1v) is 9.94. The highest BCUT2D eigenvalue weighted by atomic mass is 19.1. The van der Waals surface area contributed by atoms with E-state index in [1.807, 2.05) is 12.1 Å². The van der Waals surface area contributed by atoms with Crippen molar-refractivity contribution in [2.75, 3.05) is 14.1 Å². The highest BCUT2D eigenvalue weighted by molar-refractivity contribution is 5.93. The molecule has 6 nitrogen and oxygen atoms in total. The Balaban J connectivity index is 1.38. The molecule has 1 aliphatic heterocycles. The van der Waals surface area contributed by atoms with Gasteiger partial charge in [-0.15, -0.1) is 0 Å². The van der Waals surface area contributed by atoms with Gasteiger partial charge in [0.1, 0.15) is 24.4 Å². The largest absolute Gasteiger partial charge is 0.482 e. The molecule has 3 aromatic rings. The van der Waals surface area contributed by atoms with Crippen molar-refractivity contribution < 1.29 is 18.3 Å². The standard InChI is InChI=1S/C24H23FN2O4/c1-26(2)24(29)16-7-8-19(21(25)9-16)14-31-23-15-30-20(10-22(23)28)13-27-11-17-5-3-4-6-18(17)12-27/h3-10,15H,11-14H2,1-2H3. The van der Waals surface area contributed by atoms with Gasteiger partial charge >= 0.3 is 0 Å². The molecular weight excluding hydrogens is 399 g/mol. The van der Waals surface area contributed by atoms with E-state index in [4.69, 9.17) is 9.15 Å². The quantitative estimate of drug-likeness (QED) is 0.608. The van der Waals surface area contributed by atoms with Crippen LogP contribution >= 0.6 is 0 Å². The summed E-state index contributed by atoms with van der Waals surface area (Å²) in [5, 5.41) is 0. The minimum absolute atomic E-state index is 0.0151. The zero-order valence-corrected chi connectivity index (χ0v) is 17.4. The SMILES string of the molecule is CN(C)C(=O)c1ccc(COc2coc(CN3Cc4ccccc4C3)cc2=O)c(F)c1. The fraction of sp³-hybridized carbons (Fsp3) is 0.250. The zero-order valence-electron chi connectivity index (χ0n) is 17.4. The second kappa shape index (κ2) is 8.73. The minimum atomic E-state index is -0.567. The zero-order chi connectivity index (χ0) is 22.0. The van der Waals surface area contributed by atoms with Crippen LogP contribution in [0, 0.1) is 5.82 Å². The van der Waals surface area contributed by atoms with Crippen LogP contribution in [0.1, 0.15) is 32.8 Å². The molecule has 0 fully saturated rings. The van der Waals surface area contributed by atoms with Crippen LogP contribution in [0.25, 0.3) is 0 Å². The molecule has 0 bridgehead atoms. The Labute approximate surface area is 179 Å². The molecule has 4 rings (SSSR count). The van der Waals surface area contributed by atoms with Crippen LogP contribution in [0.15, 0.2) is 64.0 Å². The molecule has 0 radical (unpaired) electrons. The average molecular weight is 422 g/mol. The topological polar surface area (TPSA) is 63.0 Å². The summed E-state index contributed by atoms with van der Waals surface area (Å²) < 4.78 is 25.4. The number of carbonyl (C=O) groups excluding carboxylic acids is 1. The first-order chi connectivity index (χ1) is 14.9. The predicted molar refractivity (Wildman–Crippen MR) is 113 cm³/mol. The summed E-state index contributed by atoms with van der Waals surface area (Å²) in [6.07, 6.45) is 1.27. The molecule has 0 saturated carbocycles. The minimum Gasteiger partial charge on any atom is -0.482 e. The van der Waals surface area contributed by atoms with Crippen molar-refractivity contribution in [3.05, 3.63) is 98.8 Å². The summed E-state index contributed by atoms with van der Waals surface area (Å²) in [6, 6.07) is 13.8. The van der Waals surface area contributed by atoms with E-state index in [0.29, 0.717) is 12.3 Å². The Morgan fingerprint density at radius 3 is 2.45 bits per heavy atom. The van der Waals surface area contributed by atoms with Crippen LogP contribution in [0.3, 0.4) is 0 Å². The highest BCUT2D eigenvalue weighted by Crippen LogP contribution is 2.24. The molecule has 2 heterocycles. The van der Waals surface area contributed by atoms with Gasteiger partial charge in [0.2, 0.25) is 11.2 Å². The number of fused-ring (bicyclic) bond motifs is 1. The number of amides is 1. The third-order valence-electron chi connectivity index (χ3n) is 5.23. The molecule has 0 spiro atoms. The number of halogens is 1. The number of nitrogens with zero attached hydrogens (tertiary/aromatic N) is 2. The molecule has 0 N–H and O–H groups in total. The smallest absolute Gasteiger partial charge is 0.253 e. The molecule has 0 atom stereocenters. The number of carbonyl (C=O) groups is 1. The van der Waals surface area contributed by atoms with Crippen molar-refractivity contribution >= 4 is 5.91 Å². The van der Waals surface area contributed by atoms with Gasteiger partial charge in [-0.2, -0.15) is 0 Å². The maximum Gasteiger partial charge on any atom is 0.253 e. The van der Waals surface area contributed by atoms with Crippen molar-refractivity contribution in [1.82, 2.24) is 9.80 Å². The molecule has 1 aromatic heterocycles. The maximum atomic E-state index is 14.3. The number of rotatable bonds is 6. The summed E-state index contributed by atoms with van der Waals surface area (Å²) in [7, 11) is 3.20. The highest BCUT2D eigenvalue weighted by Gasteiger charge is 2.19. The summed E-state index contributed by atoms with van der Waals surface area (Å²) in [4.78, 5) is 27.9. The Bertz CT molecular complexity index is 1150. The number of ether oxygens (including phenoxy) is 1. The van der Waals surface area contributed by atoms with Gasteiger partial charge in [-0.25, -0.2) is 4.39 Å². The number of hydrogen-bond donors (Lipinski definition) is 0. The van der Waals surface area contributed by atoms with Crippen LogP contribution in [-0.4, -0.2) is 29.8 Å². The van der Waals surface area contributed by atoms with Gasteiger partial charge < -0.3 is 14.1 Å². The third-order valence-corrected chi connectivity index (χ3v) is 5.23.